The van der Waals surface area contributed by atoms with Crippen LogP contribution in [0.25, 0.3) is 16.9 Å². The quantitative estimate of drug-likeness (QED) is 0.423. The van der Waals surface area contributed by atoms with Crippen molar-refractivity contribution in [3.63, 3.8) is 0 Å². The minimum absolute atomic E-state index is 0.0550. The maximum Gasteiger partial charge on any atom is 0.269 e. The minimum Gasteiger partial charge on any atom is -0.322 e. The van der Waals surface area contributed by atoms with E-state index >= 15 is 0 Å². The molecule has 2 aromatic carbocycles. The number of hydrogen-bond acceptors (Lipinski definition) is 4. The van der Waals surface area contributed by atoms with Crippen LogP contribution in [0.4, 0.5) is 11.4 Å². The van der Waals surface area contributed by atoms with Gasteiger partial charge in [0.05, 0.1) is 10.6 Å². The number of carbonyl (C=O) groups is 1. The molecular weight excluding hydrogens is 356 g/mol. The van der Waals surface area contributed by atoms with Gasteiger partial charge in [-0.05, 0) is 48.9 Å². The summed E-state index contributed by atoms with van der Waals surface area (Å²) >= 11 is 0. The molecule has 1 amide bonds. The van der Waals surface area contributed by atoms with Crippen LogP contribution in [0.1, 0.15) is 15.9 Å². The number of anilines is 1. The highest BCUT2D eigenvalue weighted by Gasteiger charge is 2.11. The number of pyridine rings is 1. The number of benzene rings is 2. The van der Waals surface area contributed by atoms with Crippen molar-refractivity contribution in [2.45, 2.75) is 6.92 Å². The lowest BCUT2D eigenvalue weighted by atomic mass is 10.1. The van der Waals surface area contributed by atoms with Crippen LogP contribution >= 0.6 is 0 Å². The van der Waals surface area contributed by atoms with E-state index in [0.29, 0.717) is 11.3 Å². The fourth-order valence-corrected chi connectivity index (χ4v) is 2.92. The second-order valence-corrected chi connectivity index (χ2v) is 6.43. The Balaban J connectivity index is 1.57. The molecule has 2 heterocycles. The fourth-order valence-electron chi connectivity index (χ4n) is 2.92. The molecule has 7 nitrogen and oxygen atoms in total. The highest BCUT2D eigenvalue weighted by molar-refractivity contribution is 6.04. The van der Waals surface area contributed by atoms with E-state index in [9.17, 15) is 14.9 Å². The van der Waals surface area contributed by atoms with Crippen LogP contribution in [-0.4, -0.2) is 20.2 Å². The maximum atomic E-state index is 12.4. The average molecular weight is 372 g/mol. The number of rotatable bonds is 4. The number of hydrogen-bond donors (Lipinski definition) is 1. The number of carbonyl (C=O) groups excluding carboxylic acids is 1. The van der Waals surface area contributed by atoms with Crippen molar-refractivity contribution in [2.75, 3.05) is 5.32 Å². The molecule has 0 aliphatic rings. The Bertz CT molecular complexity index is 1200. The predicted molar refractivity (Wildman–Crippen MR) is 106 cm³/mol. The van der Waals surface area contributed by atoms with Crippen LogP contribution in [0, 0.1) is 17.0 Å². The molecule has 0 aliphatic heterocycles. The van der Waals surface area contributed by atoms with Gasteiger partial charge in [0.1, 0.15) is 5.65 Å². The first-order valence-electron chi connectivity index (χ1n) is 8.61. The SMILES string of the molecule is Cc1ccn2cc(-c3cccc(NC(=O)c4ccc([N+](=O)[O-])cc4)c3)nc2c1. The third-order valence-corrected chi connectivity index (χ3v) is 4.37. The summed E-state index contributed by atoms with van der Waals surface area (Å²) in [6.07, 6.45) is 3.90. The summed E-state index contributed by atoms with van der Waals surface area (Å²) in [5.74, 6) is -0.335. The van der Waals surface area contributed by atoms with E-state index < -0.39 is 4.92 Å². The number of fused-ring (bicyclic) bond motifs is 1. The van der Waals surface area contributed by atoms with Crippen LogP contribution in [0.3, 0.4) is 0 Å². The van der Waals surface area contributed by atoms with Gasteiger partial charge in [-0.2, -0.15) is 0 Å². The Hall–Kier alpha value is -4.00. The highest BCUT2D eigenvalue weighted by Crippen LogP contribution is 2.23. The normalized spacial score (nSPS) is 10.8. The van der Waals surface area contributed by atoms with E-state index in [1.54, 1.807) is 6.07 Å². The molecule has 2 aromatic heterocycles. The largest absolute Gasteiger partial charge is 0.322 e. The van der Waals surface area contributed by atoms with Crippen molar-refractivity contribution >= 4 is 22.9 Å². The molecule has 0 bridgehead atoms. The lowest BCUT2D eigenvalue weighted by molar-refractivity contribution is -0.384. The Kier molecular flexibility index (Phi) is 4.33. The third kappa shape index (κ3) is 3.45. The average Bonchev–Trinajstić information content (AvgIpc) is 3.11. The Labute approximate surface area is 160 Å². The molecule has 28 heavy (non-hydrogen) atoms. The molecule has 4 aromatic rings. The van der Waals surface area contributed by atoms with Gasteiger partial charge in [0.2, 0.25) is 0 Å². The second kappa shape index (κ2) is 6.96. The van der Waals surface area contributed by atoms with Crippen LogP contribution in [0.2, 0.25) is 0 Å². The summed E-state index contributed by atoms with van der Waals surface area (Å²) in [4.78, 5) is 27.3. The Morgan fingerprint density at radius 3 is 2.64 bits per heavy atom. The molecule has 0 aliphatic carbocycles. The summed E-state index contributed by atoms with van der Waals surface area (Å²) < 4.78 is 1.95. The summed E-state index contributed by atoms with van der Waals surface area (Å²) in [7, 11) is 0. The lowest BCUT2D eigenvalue weighted by Crippen LogP contribution is -2.11. The third-order valence-electron chi connectivity index (χ3n) is 4.37. The molecular formula is C21H16N4O3. The van der Waals surface area contributed by atoms with Gasteiger partial charge in [-0.3, -0.25) is 14.9 Å². The molecule has 1 N–H and O–H groups in total. The number of nitrogens with zero attached hydrogens (tertiary/aromatic N) is 3. The topological polar surface area (TPSA) is 89.5 Å². The lowest BCUT2D eigenvalue weighted by Gasteiger charge is -2.06. The zero-order valence-corrected chi connectivity index (χ0v) is 15.0. The van der Waals surface area contributed by atoms with Gasteiger partial charge in [0.15, 0.2) is 0 Å². The van der Waals surface area contributed by atoms with Crippen molar-refractivity contribution < 1.29 is 9.72 Å². The molecule has 138 valence electrons. The molecule has 7 heteroatoms. The van der Waals surface area contributed by atoms with Crippen LogP contribution in [0.5, 0.6) is 0 Å². The number of amides is 1. The van der Waals surface area contributed by atoms with Gasteiger partial charge in [-0.1, -0.05) is 12.1 Å². The smallest absolute Gasteiger partial charge is 0.269 e. The minimum atomic E-state index is -0.499. The first-order valence-corrected chi connectivity index (χ1v) is 8.61. The molecule has 0 atom stereocenters. The van der Waals surface area contributed by atoms with Crippen molar-refractivity contribution in [2.24, 2.45) is 0 Å². The van der Waals surface area contributed by atoms with E-state index in [4.69, 9.17) is 0 Å². The summed E-state index contributed by atoms with van der Waals surface area (Å²) in [6, 6.07) is 16.9. The summed E-state index contributed by atoms with van der Waals surface area (Å²) in [6.45, 7) is 2.02. The van der Waals surface area contributed by atoms with Crippen molar-refractivity contribution in [1.82, 2.24) is 9.38 Å². The molecule has 0 radical (unpaired) electrons. The molecule has 0 unspecified atom stereocenters. The summed E-state index contributed by atoms with van der Waals surface area (Å²) in [5, 5.41) is 13.5. The van der Waals surface area contributed by atoms with E-state index in [1.807, 2.05) is 54.0 Å². The number of nitrogens with one attached hydrogen (secondary N) is 1. The van der Waals surface area contributed by atoms with Crippen LogP contribution in [-0.2, 0) is 0 Å². The van der Waals surface area contributed by atoms with Gasteiger partial charge >= 0.3 is 0 Å². The Morgan fingerprint density at radius 1 is 1.11 bits per heavy atom. The van der Waals surface area contributed by atoms with E-state index in [0.717, 1.165) is 22.5 Å². The van der Waals surface area contributed by atoms with E-state index in [-0.39, 0.29) is 11.6 Å². The zero-order chi connectivity index (χ0) is 19.7. The monoisotopic (exact) mass is 372 g/mol. The number of imidazole rings is 1. The highest BCUT2D eigenvalue weighted by atomic mass is 16.6. The summed E-state index contributed by atoms with van der Waals surface area (Å²) in [5.41, 5.74) is 4.58. The zero-order valence-electron chi connectivity index (χ0n) is 15.0. The van der Waals surface area contributed by atoms with E-state index in [1.165, 1.54) is 24.3 Å². The molecule has 0 spiro atoms. The van der Waals surface area contributed by atoms with Gasteiger partial charge in [0.25, 0.3) is 11.6 Å². The van der Waals surface area contributed by atoms with Crippen LogP contribution in [0.15, 0.2) is 73.1 Å². The molecule has 0 saturated heterocycles. The number of nitro groups is 1. The van der Waals surface area contributed by atoms with Crippen molar-refractivity contribution in [1.29, 1.82) is 0 Å². The molecule has 0 saturated carbocycles. The van der Waals surface area contributed by atoms with E-state index in [2.05, 4.69) is 10.3 Å². The molecule has 4 rings (SSSR count). The van der Waals surface area contributed by atoms with Crippen molar-refractivity contribution in [3.05, 3.63) is 94.3 Å². The van der Waals surface area contributed by atoms with Gasteiger partial charge in [0, 0.05) is 41.3 Å². The van der Waals surface area contributed by atoms with Gasteiger partial charge in [-0.25, -0.2) is 4.98 Å². The number of aryl methyl sites for hydroxylation is 1. The second-order valence-electron chi connectivity index (χ2n) is 6.43. The standard InChI is InChI=1S/C21H16N4O3/c1-14-9-10-24-13-19(23-20(24)11-14)16-3-2-4-17(12-16)22-21(26)15-5-7-18(8-6-15)25(27)28/h2-13H,1H3,(H,22,26). The Morgan fingerprint density at radius 2 is 1.89 bits per heavy atom. The first-order chi connectivity index (χ1) is 13.5. The number of aromatic nitrogens is 2. The maximum absolute atomic E-state index is 12.4. The fraction of sp³-hybridized carbons (Fsp3) is 0.0476. The van der Waals surface area contributed by atoms with Crippen molar-refractivity contribution in [3.8, 4) is 11.3 Å². The first kappa shape index (κ1) is 17.4. The number of non-ortho nitro benzene ring substituents is 1. The van der Waals surface area contributed by atoms with Gasteiger partial charge in [-0.15, -0.1) is 0 Å². The molecule has 0 fully saturated rings. The number of nitro benzene ring substituents is 1. The van der Waals surface area contributed by atoms with Crippen LogP contribution < -0.4 is 5.32 Å². The predicted octanol–water partition coefficient (Wildman–Crippen LogP) is 4.47. The van der Waals surface area contributed by atoms with Gasteiger partial charge < -0.3 is 9.72 Å².